The summed E-state index contributed by atoms with van der Waals surface area (Å²) in [5, 5.41) is 22.8. The van der Waals surface area contributed by atoms with Gasteiger partial charge < -0.3 is 19.9 Å². The molecule has 0 bridgehead atoms. The van der Waals surface area contributed by atoms with Gasteiger partial charge in [0.05, 0.1) is 11.8 Å². The zero-order valence-corrected chi connectivity index (χ0v) is 14.0. The molecule has 1 aromatic carbocycles. The standard InChI is InChI=1S/C19H21N3O3/c1-13-9-18(20-11-14(12-23)10-15-5-4-8-25-15)22-19(21-13)16-6-2-3-7-17(16)24/h2-9,14,23-24H,10-12H2,1H3,(H,20,21,22). The Morgan fingerprint density at radius 3 is 2.72 bits per heavy atom. The number of aromatic nitrogens is 2. The number of nitrogens with one attached hydrogen (secondary N) is 1. The van der Waals surface area contributed by atoms with Crippen LogP contribution >= 0.6 is 0 Å². The molecule has 0 aliphatic carbocycles. The molecule has 3 N–H and O–H groups in total. The molecule has 0 radical (unpaired) electrons. The van der Waals surface area contributed by atoms with Gasteiger partial charge in [0.15, 0.2) is 5.82 Å². The second kappa shape index (κ2) is 7.81. The predicted molar refractivity (Wildman–Crippen MR) is 95.3 cm³/mol. The summed E-state index contributed by atoms with van der Waals surface area (Å²) in [6.07, 6.45) is 2.27. The van der Waals surface area contributed by atoms with Crippen molar-refractivity contribution in [2.24, 2.45) is 5.92 Å². The third kappa shape index (κ3) is 4.36. The molecule has 1 atom stereocenters. The Balaban J connectivity index is 1.73. The number of anilines is 1. The highest BCUT2D eigenvalue weighted by Gasteiger charge is 2.13. The summed E-state index contributed by atoms with van der Waals surface area (Å²) in [5.41, 5.74) is 1.38. The smallest absolute Gasteiger partial charge is 0.165 e. The average molecular weight is 339 g/mol. The van der Waals surface area contributed by atoms with Crippen molar-refractivity contribution >= 4 is 5.82 Å². The topological polar surface area (TPSA) is 91.4 Å². The molecule has 3 aromatic rings. The Labute approximate surface area is 146 Å². The first-order valence-corrected chi connectivity index (χ1v) is 8.17. The zero-order chi connectivity index (χ0) is 17.6. The van der Waals surface area contributed by atoms with Gasteiger partial charge in [0.2, 0.25) is 0 Å². The maximum atomic E-state index is 10.0. The number of nitrogens with zero attached hydrogens (tertiary/aromatic N) is 2. The van der Waals surface area contributed by atoms with E-state index in [2.05, 4.69) is 15.3 Å². The third-order valence-electron chi connectivity index (χ3n) is 3.90. The minimum atomic E-state index is 0.00926. The number of aromatic hydroxyl groups is 1. The van der Waals surface area contributed by atoms with E-state index in [0.29, 0.717) is 30.2 Å². The van der Waals surface area contributed by atoms with Gasteiger partial charge in [-0.3, -0.25) is 0 Å². The highest BCUT2D eigenvalue weighted by molar-refractivity contribution is 5.64. The summed E-state index contributed by atoms with van der Waals surface area (Å²) >= 11 is 0. The number of aliphatic hydroxyl groups excluding tert-OH is 1. The molecule has 3 rings (SSSR count). The second-order valence-electron chi connectivity index (χ2n) is 5.95. The van der Waals surface area contributed by atoms with Crippen LogP contribution in [0.25, 0.3) is 11.4 Å². The van der Waals surface area contributed by atoms with E-state index < -0.39 is 0 Å². The number of furan rings is 1. The fourth-order valence-electron chi connectivity index (χ4n) is 2.61. The first-order valence-electron chi connectivity index (χ1n) is 8.17. The van der Waals surface area contributed by atoms with Crippen LogP contribution in [0.1, 0.15) is 11.5 Å². The van der Waals surface area contributed by atoms with Crippen LogP contribution in [0.5, 0.6) is 5.75 Å². The lowest BCUT2D eigenvalue weighted by atomic mass is 10.1. The fourth-order valence-corrected chi connectivity index (χ4v) is 2.61. The Bertz CT molecular complexity index is 819. The fraction of sp³-hybridized carbons (Fsp3) is 0.263. The molecule has 0 saturated heterocycles. The molecular weight excluding hydrogens is 318 g/mol. The van der Waals surface area contributed by atoms with Crippen molar-refractivity contribution in [1.82, 2.24) is 9.97 Å². The number of benzene rings is 1. The van der Waals surface area contributed by atoms with E-state index in [0.717, 1.165) is 11.5 Å². The lowest BCUT2D eigenvalue weighted by Gasteiger charge is -2.15. The van der Waals surface area contributed by atoms with Crippen LogP contribution < -0.4 is 5.32 Å². The summed E-state index contributed by atoms with van der Waals surface area (Å²) in [5.74, 6) is 2.12. The molecule has 0 spiro atoms. The zero-order valence-electron chi connectivity index (χ0n) is 14.0. The van der Waals surface area contributed by atoms with Gasteiger partial charge in [-0.05, 0) is 31.2 Å². The van der Waals surface area contributed by atoms with E-state index in [1.165, 1.54) is 0 Å². The summed E-state index contributed by atoms with van der Waals surface area (Å²) < 4.78 is 5.33. The molecule has 0 saturated carbocycles. The molecular formula is C19H21N3O3. The van der Waals surface area contributed by atoms with Crippen LogP contribution in [0.15, 0.2) is 53.1 Å². The molecule has 2 heterocycles. The van der Waals surface area contributed by atoms with Crippen molar-refractivity contribution in [3.05, 3.63) is 60.2 Å². The Kier molecular flexibility index (Phi) is 5.30. The normalized spacial score (nSPS) is 12.1. The molecule has 1 unspecified atom stereocenters. The van der Waals surface area contributed by atoms with Crippen LogP contribution in [-0.4, -0.2) is 33.3 Å². The van der Waals surface area contributed by atoms with Gasteiger partial charge in [-0.15, -0.1) is 0 Å². The maximum Gasteiger partial charge on any atom is 0.165 e. The maximum absolute atomic E-state index is 10.0. The third-order valence-corrected chi connectivity index (χ3v) is 3.90. The number of hydrogen-bond acceptors (Lipinski definition) is 6. The molecule has 0 amide bonds. The lowest BCUT2D eigenvalue weighted by Crippen LogP contribution is -2.20. The molecule has 0 aliphatic rings. The van der Waals surface area contributed by atoms with Crippen molar-refractivity contribution in [1.29, 1.82) is 0 Å². The number of aryl methyl sites for hydroxylation is 1. The summed E-state index contributed by atoms with van der Waals surface area (Å²) in [4.78, 5) is 8.88. The van der Waals surface area contributed by atoms with E-state index >= 15 is 0 Å². The molecule has 25 heavy (non-hydrogen) atoms. The monoisotopic (exact) mass is 339 g/mol. The minimum absolute atomic E-state index is 0.00926. The summed E-state index contributed by atoms with van der Waals surface area (Å²) in [7, 11) is 0. The number of rotatable bonds is 7. The summed E-state index contributed by atoms with van der Waals surface area (Å²) in [6, 6.07) is 12.6. The van der Waals surface area contributed by atoms with Gasteiger partial charge in [0.25, 0.3) is 0 Å². The van der Waals surface area contributed by atoms with E-state index in [-0.39, 0.29) is 18.3 Å². The van der Waals surface area contributed by atoms with Crippen molar-refractivity contribution < 1.29 is 14.6 Å². The summed E-state index contributed by atoms with van der Waals surface area (Å²) in [6.45, 7) is 2.47. The van der Waals surface area contributed by atoms with Crippen LogP contribution in [0.2, 0.25) is 0 Å². The first kappa shape index (κ1) is 17.0. The predicted octanol–water partition coefficient (Wildman–Crippen LogP) is 3.01. The van der Waals surface area contributed by atoms with Gasteiger partial charge in [0, 0.05) is 37.3 Å². The van der Waals surface area contributed by atoms with Gasteiger partial charge >= 0.3 is 0 Å². The number of para-hydroxylation sites is 1. The quantitative estimate of drug-likeness (QED) is 0.613. The average Bonchev–Trinajstić information content (AvgIpc) is 3.11. The van der Waals surface area contributed by atoms with Gasteiger partial charge in [0.1, 0.15) is 17.3 Å². The molecule has 0 aliphatic heterocycles. The van der Waals surface area contributed by atoms with Gasteiger partial charge in [-0.2, -0.15) is 0 Å². The number of hydrogen-bond donors (Lipinski definition) is 3. The van der Waals surface area contributed by atoms with E-state index in [1.807, 2.05) is 31.2 Å². The largest absolute Gasteiger partial charge is 0.507 e. The second-order valence-corrected chi connectivity index (χ2v) is 5.95. The van der Waals surface area contributed by atoms with E-state index in [1.54, 1.807) is 24.5 Å². The highest BCUT2D eigenvalue weighted by atomic mass is 16.3. The SMILES string of the molecule is Cc1cc(NCC(CO)Cc2ccco2)nc(-c2ccccc2O)n1. The van der Waals surface area contributed by atoms with Crippen LogP contribution in [0.3, 0.4) is 0 Å². The van der Waals surface area contributed by atoms with Crippen molar-refractivity contribution in [3.8, 4) is 17.1 Å². The van der Waals surface area contributed by atoms with E-state index in [9.17, 15) is 10.2 Å². The van der Waals surface area contributed by atoms with Crippen LogP contribution in [0, 0.1) is 12.8 Å². The van der Waals surface area contributed by atoms with Crippen molar-refractivity contribution in [2.45, 2.75) is 13.3 Å². The molecule has 6 heteroatoms. The number of phenols is 1. The van der Waals surface area contributed by atoms with E-state index in [4.69, 9.17) is 4.42 Å². The molecule has 130 valence electrons. The first-order chi connectivity index (χ1) is 12.2. The number of aliphatic hydroxyl groups is 1. The Morgan fingerprint density at radius 1 is 1.16 bits per heavy atom. The van der Waals surface area contributed by atoms with Crippen LogP contribution in [-0.2, 0) is 6.42 Å². The molecule has 2 aromatic heterocycles. The molecule has 6 nitrogen and oxygen atoms in total. The lowest BCUT2D eigenvalue weighted by molar-refractivity contribution is 0.226. The van der Waals surface area contributed by atoms with Crippen molar-refractivity contribution in [3.63, 3.8) is 0 Å². The van der Waals surface area contributed by atoms with Crippen LogP contribution in [0.4, 0.5) is 5.82 Å². The Hall–Kier alpha value is -2.86. The highest BCUT2D eigenvalue weighted by Crippen LogP contribution is 2.26. The number of phenolic OH excluding ortho intramolecular Hbond substituents is 1. The van der Waals surface area contributed by atoms with Crippen molar-refractivity contribution in [2.75, 3.05) is 18.5 Å². The minimum Gasteiger partial charge on any atom is -0.507 e. The molecule has 0 fully saturated rings. The van der Waals surface area contributed by atoms with Gasteiger partial charge in [-0.1, -0.05) is 12.1 Å². The Morgan fingerprint density at radius 2 is 2.00 bits per heavy atom. The van der Waals surface area contributed by atoms with Gasteiger partial charge in [-0.25, -0.2) is 9.97 Å².